The van der Waals surface area contributed by atoms with Gasteiger partial charge in [0.2, 0.25) is 0 Å². The Hall–Kier alpha value is 1.19. The molecule has 0 aromatic heterocycles. The second-order valence-electron chi connectivity index (χ2n) is 0.283. The van der Waals surface area contributed by atoms with Crippen LogP contribution in [0.1, 0.15) is 2.85 Å². The van der Waals surface area contributed by atoms with E-state index in [0.29, 0.717) is 0 Å². The van der Waals surface area contributed by atoms with Crippen molar-refractivity contribution in [3.8, 4) is 0 Å². The fraction of sp³-hybridized carbons (Fsp3) is 0. The second-order valence-corrected chi connectivity index (χ2v) is 0.848. The summed E-state index contributed by atoms with van der Waals surface area (Å²) in [5, 5.41) is 0. The minimum absolute atomic E-state index is 0. The second kappa shape index (κ2) is 5.19. The van der Waals surface area contributed by atoms with Crippen molar-refractivity contribution in [1.82, 2.24) is 0 Å². The van der Waals surface area contributed by atoms with Gasteiger partial charge in [0.1, 0.15) is 0 Å². The van der Waals surface area contributed by atoms with E-state index < -0.39 is 9.17 Å². The van der Waals surface area contributed by atoms with E-state index in [1.54, 1.807) is 0 Å². The molecule has 0 rings (SSSR count). The van der Waals surface area contributed by atoms with Crippen molar-refractivity contribution in [1.29, 1.82) is 0 Å². The smallest absolute Gasteiger partial charge is 1.00 e. The average molecular weight is 217 g/mol. The van der Waals surface area contributed by atoms with Crippen LogP contribution in [-0.4, -0.2) is 67.6 Å². The zero-order valence-corrected chi connectivity index (χ0v) is 7.95. The Labute approximate surface area is 74.0 Å². The molecule has 0 spiro atoms. The molecule has 28 valence electrons. The van der Waals surface area contributed by atoms with E-state index in [9.17, 15) is 0 Å². The van der Waals surface area contributed by atoms with Gasteiger partial charge in [-0.1, -0.05) is 0 Å². The van der Waals surface area contributed by atoms with Crippen LogP contribution in [0, 0.1) is 0 Å². The number of rotatable bonds is 0. The third-order valence-corrected chi connectivity index (χ3v) is 0. The van der Waals surface area contributed by atoms with Crippen molar-refractivity contribution in [2.24, 2.45) is 0 Å². The normalized spacial score (nSPS) is 4.80. The van der Waals surface area contributed by atoms with Crippen molar-refractivity contribution in [2.75, 3.05) is 0 Å². The van der Waals surface area contributed by atoms with Crippen LogP contribution in [-0.2, 0) is 4.46 Å². The Balaban J connectivity index is -0.0000000150. The molecule has 0 saturated carbocycles. The summed E-state index contributed by atoms with van der Waals surface area (Å²) >= 11 is 0. The van der Waals surface area contributed by atoms with Gasteiger partial charge in [-0.2, -0.15) is 0 Å². The van der Waals surface area contributed by atoms with E-state index in [0.717, 1.165) is 0 Å². The molecule has 0 aliphatic heterocycles. The predicted octanol–water partition coefficient (Wildman–Crippen LogP) is -1.77. The van der Waals surface area contributed by atoms with Gasteiger partial charge in [0.25, 0.3) is 0 Å². The van der Waals surface area contributed by atoms with Crippen molar-refractivity contribution >= 4 is 58.1 Å². The first-order chi connectivity index (χ1) is 1.73. The van der Waals surface area contributed by atoms with Crippen LogP contribution < -0.4 is 0 Å². The molecule has 5 heteroatoms. The third-order valence-electron chi connectivity index (χ3n) is 0. The Bertz CT molecular complexity index is 35.9. The van der Waals surface area contributed by atoms with E-state index in [2.05, 4.69) is 0 Å². The Morgan fingerprint density at radius 3 is 1.60 bits per heavy atom. The summed E-state index contributed by atoms with van der Waals surface area (Å²) in [5.74, 6) is 0. The first kappa shape index (κ1) is 9.50. The van der Waals surface area contributed by atoms with E-state index in [1.165, 1.54) is 0 Å². The summed E-state index contributed by atoms with van der Waals surface area (Å²) < 4.78 is 8.74. The topological polar surface area (TPSA) is 57.5 Å². The zero-order chi connectivity index (χ0) is 3.58. The van der Waals surface area contributed by atoms with Gasteiger partial charge in [-0.3, -0.25) is 4.46 Å². The zero-order valence-electron chi connectivity index (χ0n) is 4.51. The Morgan fingerprint density at radius 1 is 1.60 bits per heavy atom. The van der Waals surface area contributed by atoms with Crippen LogP contribution in [0.5, 0.6) is 0 Å². The van der Waals surface area contributed by atoms with Crippen LogP contribution in [0.2, 0.25) is 0 Å². The molecule has 3 nitrogen and oxygen atoms in total. The monoisotopic (exact) mass is 218 g/mol. The van der Waals surface area contributed by atoms with Crippen LogP contribution in [0.25, 0.3) is 0 Å². The molecule has 0 saturated heterocycles. The van der Waals surface area contributed by atoms with E-state index in [4.69, 9.17) is 14.1 Å². The van der Waals surface area contributed by atoms with Crippen molar-refractivity contribution in [2.45, 2.75) is 0 Å². The molecule has 0 aromatic carbocycles. The molecule has 5 heavy (non-hydrogen) atoms. The van der Waals surface area contributed by atoms with Gasteiger partial charge in [0, 0.05) is 0 Å². The van der Waals surface area contributed by atoms with Gasteiger partial charge >= 0.3 is 58.1 Å². The number of hydrogen-bond acceptors (Lipinski definition) is 1. The third kappa shape index (κ3) is 37.3. The molecule has 2 N–H and O–H groups in total. The standard InChI is InChI=1S/Ba.H2O3Si.2H/c;1-4(2)3;;/h;1-2H;;/q+2;;2*-1. The van der Waals surface area contributed by atoms with E-state index in [-0.39, 0.29) is 51.7 Å². The molecule has 0 amide bonds. The van der Waals surface area contributed by atoms with Crippen LogP contribution >= 0.6 is 0 Å². The molecule has 0 radical (unpaired) electrons. The molecule has 0 aromatic rings. The largest absolute Gasteiger partial charge is 2.00 e. The maximum Gasteiger partial charge on any atom is 2.00 e. The summed E-state index contributed by atoms with van der Waals surface area (Å²) in [6.45, 7) is 0. The molecule has 0 atom stereocenters. The van der Waals surface area contributed by atoms with E-state index in [1.807, 2.05) is 0 Å². The first-order valence-electron chi connectivity index (χ1n) is 0.651. The van der Waals surface area contributed by atoms with Crippen LogP contribution in [0.3, 0.4) is 0 Å². The van der Waals surface area contributed by atoms with Crippen LogP contribution in [0.15, 0.2) is 0 Å². The fourth-order valence-electron chi connectivity index (χ4n) is 0. The minimum Gasteiger partial charge on any atom is -1.00 e. The molecule has 0 bridgehead atoms. The Kier molecular flexibility index (Phi) is 9.85. The fourth-order valence-corrected chi connectivity index (χ4v) is 0. The summed E-state index contributed by atoms with van der Waals surface area (Å²) in [5.41, 5.74) is 0. The Morgan fingerprint density at radius 2 is 1.60 bits per heavy atom. The first-order valence-corrected chi connectivity index (χ1v) is 1.95. The van der Waals surface area contributed by atoms with Gasteiger partial charge in [-0.25, -0.2) is 0 Å². The molecule has 0 aliphatic rings. The predicted molar refractivity (Wildman–Crippen MR) is 18.9 cm³/mol. The van der Waals surface area contributed by atoms with Crippen molar-refractivity contribution < 1.29 is 16.9 Å². The van der Waals surface area contributed by atoms with Gasteiger partial charge < -0.3 is 12.4 Å². The molecule has 0 unspecified atom stereocenters. The molecule has 0 heterocycles. The summed E-state index contributed by atoms with van der Waals surface area (Å²) in [7, 11) is -3.13. The SMILES string of the molecule is O=[Si](O)O.[Ba+2].[H-].[H-]. The van der Waals surface area contributed by atoms with Crippen LogP contribution in [0.4, 0.5) is 0 Å². The molecule has 0 aliphatic carbocycles. The maximum absolute atomic E-state index is 8.74. The van der Waals surface area contributed by atoms with Gasteiger partial charge in [-0.15, -0.1) is 0 Å². The maximum atomic E-state index is 8.74. The number of hydrogen-bond donors (Lipinski definition) is 2. The molecular formula is H4BaO3Si. The molecular weight excluding hydrogens is 213 g/mol. The van der Waals surface area contributed by atoms with Gasteiger partial charge in [-0.05, 0) is 0 Å². The summed E-state index contributed by atoms with van der Waals surface area (Å²) in [6.07, 6.45) is 0. The van der Waals surface area contributed by atoms with Crippen molar-refractivity contribution in [3.63, 3.8) is 0 Å². The summed E-state index contributed by atoms with van der Waals surface area (Å²) in [6, 6.07) is 0. The van der Waals surface area contributed by atoms with Gasteiger partial charge in [0.15, 0.2) is 0 Å². The quantitative estimate of drug-likeness (QED) is 0.472. The van der Waals surface area contributed by atoms with Gasteiger partial charge in [0.05, 0.1) is 0 Å². The molecule has 0 fully saturated rings. The minimum atomic E-state index is -3.13. The average Bonchev–Trinajstić information content (AvgIpc) is 0.811. The summed E-state index contributed by atoms with van der Waals surface area (Å²) in [4.78, 5) is 14.3. The van der Waals surface area contributed by atoms with E-state index >= 15 is 0 Å². The van der Waals surface area contributed by atoms with Crippen molar-refractivity contribution in [3.05, 3.63) is 0 Å².